The van der Waals surface area contributed by atoms with Crippen LogP contribution in [0, 0.1) is 4.77 Å². The number of hydrogen-bond donors (Lipinski definition) is 4. The van der Waals surface area contributed by atoms with E-state index in [0.717, 1.165) is 29.6 Å². The highest BCUT2D eigenvalue weighted by Gasteiger charge is 2.30. The molecule has 0 saturated heterocycles. The zero-order chi connectivity index (χ0) is 17.6. The molecule has 128 valence electrons. The van der Waals surface area contributed by atoms with Crippen molar-refractivity contribution in [2.45, 2.75) is 19.0 Å². The molecule has 0 bridgehead atoms. The van der Waals surface area contributed by atoms with Crippen LogP contribution in [0.3, 0.4) is 0 Å². The molecule has 0 amide bonds. The van der Waals surface area contributed by atoms with E-state index in [0.29, 0.717) is 6.54 Å². The van der Waals surface area contributed by atoms with Gasteiger partial charge >= 0.3 is 0 Å². The van der Waals surface area contributed by atoms with Crippen molar-refractivity contribution >= 4 is 23.1 Å². The molecule has 1 aromatic carbocycles. The fourth-order valence-corrected chi connectivity index (χ4v) is 3.81. The molecule has 25 heavy (non-hydrogen) atoms. The van der Waals surface area contributed by atoms with Crippen LogP contribution in [0.1, 0.15) is 22.9 Å². The van der Waals surface area contributed by atoms with Crippen LogP contribution in [0.25, 0.3) is 10.9 Å². The van der Waals surface area contributed by atoms with E-state index in [2.05, 4.69) is 27.9 Å². The van der Waals surface area contributed by atoms with Gasteiger partial charge in [0.2, 0.25) is 5.88 Å². The van der Waals surface area contributed by atoms with Gasteiger partial charge in [0.25, 0.3) is 5.56 Å². The van der Waals surface area contributed by atoms with E-state index < -0.39 is 6.04 Å². The number of allylic oxidation sites excluding steroid dienone is 1. The maximum absolute atomic E-state index is 12.6. The highest BCUT2D eigenvalue weighted by Crippen LogP contribution is 2.34. The summed E-state index contributed by atoms with van der Waals surface area (Å²) in [6.07, 6.45) is 2.49. The molecule has 0 radical (unpaired) electrons. The van der Waals surface area contributed by atoms with E-state index in [1.54, 1.807) is 6.08 Å². The Bertz CT molecular complexity index is 1090. The minimum Gasteiger partial charge on any atom is -0.494 e. The van der Waals surface area contributed by atoms with Crippen LogP contribution in [-0.2, 0) is 13.0 Å². The normalized spacial score (nSPS) is 16.7. The maximum Gasteiger partial charge on any atom is 0.260 e. The largest absolute Gasteiger partial charge is 0.494 e. The molecule has 2 aromatic heterocycles. The third-order valence-electron chi connectivity index (χ3n) is 4.67. The number of benzene rings is 1. The lowest BCUT2D eigenvalue weighted by Crippen LogP contribution is -2.35. The van der Waals surface area contributed by atoms with Gasteiger partial charge in [-0.15, -0.1) is 6.58 Å². The lowest BCUT2D eigenvalue weighted by molar-refractivity contribution is 0.394. The fourth-order valence-electron chi connectivity index (χ4n) is 3.56. The van der Waals surface area contributed by atoms with E-state index in [9.17, 15) is 9.90 Å². The monoisotopic (exact) mass is 354 g/mol. The molecular formula is C18H18N4O2S. The Balaban J connectivity index is 1.96. The molecule has 0 unspecified atom stereocenters. The van der Waals surface area contributed by atoms with E-state index in [4.69, 9.17) is 12.2 Å². The number of rotatable bonds is 3. The Morgan fingerprint density at radius 2 is 2.16 bits per heavy atom. The quantitative estimate of drug-likeness (QED) is 0.430. The number of para-hydroxylation sites is 1. The van der Waals surface area contributed by atoms with E-state index in [-0.39, 0.29) is 21.8 Å². The smallest absolute Gasteiger partial charge is 0.260 e. The highest BCUT2D eigenvalue weighted by molar-refractivity contribution is 7.71. The first kappa shape index (κ1) is 15.9. The Hall–Kier alpha value is -2.64. The summed E-state index contributed by atoms with van der Waals surface area (Å²) >= 11 is 5.16. The summed E-state index contributed by atoms with van der Waals surface area (Å²) in [5.41, 5.74) is 3.00. The summed E-state index contributed by atoms with van der Waals surface area (Å²) in [6.45, 7) is 4.71. The number of hydrogen-bond acceptors (Lipinski definition) is 4. The zero-order valence-corrected chi connectivity index (χ0v) is 14.3. The first-order valence-electron chi connectivity index (χ1n) is 8.11. The maximum atomic E-state index is 12.6. The van der Waals surface area contributed by atoms with E-state index in [1.165, 1.54) is 10.1 Å². The zero-order valence-electron chi connectivity index (χ0n) is 13.5. The average molecular weight is 354 g/mol. The molecule has 1 aliphatic rings. The number of nitrogens with zero attached hydrogens (tertiary/aromatic N) is 1. The van der Waals surface area contributed by atoms with Crippen LogP contribution in [-0.4, -0.2) is 26.2 Å². The molecule has 1 aliphatic heterocycles. The van der Waals surface area contributed by atoms with Crippen LogP contribution in [0.4, 0.5) is 0 Å². The molecule has 0 fully saturated rings. The summed E-state index contributed by atoms with van der Waals surface area (Å²) in [6, 6.07) is 7.63. The van der Waals surface area contributed by atoms with Gasteiger partial charge in [-0.1, -0.05) is 24.3 Å². The average Bonchev–Trinajstić information content (AvgIpc) is 2.98. The summed E-state index contributed by atoms with van der Waals surface area (Å²) in [7, 11) is 0. The topological polar surface area (TPSA) is 85.8 Å². The Morgan fingerprint density at radius 3 is 2.96 bits per heavy atom. The molecule has 1 atom stereocenters. The molecule has 0 saturated carbocycles. The number of nitrogens with one attached hydrogen (secondary N) is 3. The molecule has 7 heteroatoms. The van der Waals surface area contributed by atoms with Gasteiger partial charge in [0.1, 0.15) is 5.56 Å². The number of fused-ring (bicyclic) bond motifs is 3. The second kappa shape index (κ2) is 6.02. The number of aromatic hydroxyl groups is 1. The van der Waals surface area contributed by atoms with Gasteiger partial charge < -0.3 is 15.4 Å². The van der Waals surface area contributed by atoms with Gasteiger partial charge in [-0.2, -0.15) is 0 Å². The van der Waals surface area contributed by atoms with Crippen molar-refractivity contribution in [3.63, 3.8) is 0 Å². The van der Waals surface area contributed by atoms with Gasteiger partial charge in [-0.05, 0) is 30.3 Å². The first-order valence-corrected chi connectivity index (χ1v) is 8.52. The van der Waals surface area contributed by atoms with Crippen molar-refractivity contribution in [2.24, 2.45) is 0 Å². The fraction of sp³-hybridized carbons (Fsp3) is 0.222. The van der Waals surface area contributed by atoms with Gasteiger partial charge in [-0.3, -0.25) is 14.3 Å². The minimum atomic E-state index is -0.424. The predicted octanol–water partition coefficient (Wildman–Crippen LogP) is 2.51. The van der Waals surface area contributed by atoms with Gasteiger partial charge in [0.05, 0.1) is 6.04 Å². The summed E-state index contributed by atoms with van der Waals surface area (Å²) in [4.78, 5) is 18.6. The molecule has 3 aromatic rings. The van der Waals surface area contributed by atoms with E-state index >= 15 is 0 Å². The molecule has 3 heterocycles. The highest BCUT2D eigenvalue weighted by atomic mass is 32.1. The SMILES string of the molecule is C=CCn1c(O)c([C@H]2NCCc3c2[nH]c2ccccc32)c(=O)[nH]c1=S. The Morgan fingerprint density at radius 1 is 1.36 bits per heavy atom. The molecule has 4 N–H and O–H groups in total. The standard InChI is InChI=1S/C18H18N4O2S/c1-2-9-22-17(24)13(16(23)21-18(22)25)15-14-11(7-8-19-15)10-5-3-4-6-12(10)20-14/h2-6,15,19-20,24H,1,7-9H2,(H,21,23,25)/t15-/m1/s1. The van der Waals surface area contributed by atoms with Crippen LogP contribution in [0.15, 0.2) is 41.7 Å². The number of H-pyrrole nitrogens is 2. The van der Waals surface area contributed by atoms with E-state index in [1.807, 2.05) is 18.2 Å². The molecule has 0 spiro atoms. The van der Waals surface area contributed by atoms with Crippen LogP contribution < -0.4 is 10.9 Å². The van der Waals surface area contributed by atoms with Crippen molar-refractivity contribution in [3.8, 4) is 5.88 Å². The third kappa shape index (κ3) is 2.43. The summed E-state index contributed by atoms with van der Waals surface area (Å²) < 4.78 is 1.65. The van der Waals surface area contributed by atoms with Gasteiger partial charge in [0, 0.05) is 29.7 Å². The minimum absolute atomic E-state index is 0.127. The molecule has 4 rings (SSSR count). The van der Waals surface area contributed by atoms with Crippen molar-refractivity contribution in [2.75, 3.05) is 6.54 Å². The van der Waals surface area contributed by atoms with Crippen molar-refractivity contribution in [3.05, 3.63) is 68.9 Å². The Labute approximate surface area is 148 Å². The second-order valence-electron chi connectivity index (χ2n) is 6.10. The first-order chi connectivity index (χ1) is 12.1. The molecule has 0 aliphatic carbocycles. The van der Waals surface area contributed by atoms with Crippen molar-refractivity contribution < 1.29 is 5.11 Å². The van der Waals surface area contributed by atoms with Crippen LogP contribution in [0.5, 0.6) is 5.88 Å². The summed E-state index contributed by atoms with van der Waals surface area (Å²) in [5, 5.41) is 15.2. The Kier molecular flexibility index (Phi) is 3.82. The van der Waals surface area contributed by atoms with Crippen molar-refractivity contribution in [1.29, 1.82) is 0 Å². The van der Waals surface area contributed by atoms with Crippen LogP contribution in [0.2, 0.25) is 0 Å². The third-order valence-corrected chi connectivity index (χ3v) is 4.99. The lowest BCUT2D eigenvalue weighted by atomic mass is 9.95. The van der Waals surface area contributed by atoms with Gasteiger partial charge in [-0.25, -0.2) is 0 Å². The predicted molar refractivity (Wildman–Crippen MR) is 99.6 cm³/mol. The van der Waals surface area contributed by atoms with Gasteiger partial charge in [0.15, 0.2) is 4.77 Å². The van der Waals surface area contributed by atoms with Crippen molar-refractivity contribution in [1.82, 2.24) is 19.9 Å². The molecular weight excluding hydrogens is 336 g/mol. The second-order valence-corrected chi connectivity index (χ2v) is 6.48. The lowest BCUT2D eigenvalue weighted by Gasteiger charge is -2.25. The number of aromatic amines is 2. The summed E-state index contributed by atoms with van der Waals surface area (Å²) in [5.74, 6) is -0.127. The van der Waals surface area contributed by atoms with Crippen LogP contribution >= 0.6 is 12.2 Å². The number of aromatic nitrogens is 3. The molecule has 6 nitrogen and oxygen atoms in total.